The Kier molecular flexibility index (Phi) is 10.4. The van der Waals surface area contributed by atoms with Gasteiger partial charge in [0.25, 0.3) is 0 Å². The summed E-state index contributed by atoms with van der Waals surface area (Å²) in [4.78, 5) is 27.0. The first-order valence-corrected chi connectivity index (χ1v) is 17.9. The average molecular weight is 701 g/mol. The molecule has 6 aromatic carbocycles. The van der Waals surface area contributed by atoms with Crippen LogP contribution in [0, 0.1) is 0 Å². The summed E-state index contributed by atoms with van der Waals surface area (Å²) in [6.45, 7) is 5.72. The zero-order valence-electron chi connectivity index (χ0n) is 30.7. The van der Waals surface area contributed by atoms with Crippen molar-refractivity contribution in [1.82, 2.24) is 0 Å². The fourth-order valence-corrected chi connectivity index (χ4v) is 7.46. The number of fused-ring (bicyclic) bond motifs is 3. The summed E-state index contributed by atoms with van der Waals surface area (Å²) in [5.41, 5.74) is 15.1. The van der Waals surface area contributed by atoms with E-state index in [1.807, 2.05) is 24.3 Å². The zero-order valence-corrected chi connectivity index (χ0v) is 30.7. The molecule has 0 saturated carbocycles. The molecular formula is C47H44N2O4. The molecule has 6 nitrogen and oxygen atoms in total. The molecule has 0 N–H and O–H groups in total. The van der Waals surface area contributed by atoms with Crippen molar-refractivity contribution in [1.29, 1.82) is 0 Å². The van der Waals surface area contributed by atoms with Crippen molar-refractivity contribution in [2.45, 2.75) is 45.3 Å². The van der Waals surface area contributed by atoms with Gasteiger partial charge in [0.1, 0.15) is 12.6 Å². The minimum Gasteiger partial charge on any atom is -0.380 e. The van der Waals surface area contributed by atoms with Gasteiger partial charge in [-0.3, -0.25) is 0 Å². The number of methoxy groups -OCH3 is 2. The molecule has 0 aromatic heterocycles. The molecular weight excluding hydrogens is 657 g/mol. The van der Waals surface area contributed by atoms with Crippen LogP contribution >= 0.6 is 0 Å². The summed E-state index contributed by atoms with van der Waals surface area (Å²) in [7, 11) is 3.42. The van der Waals surface area contributed by atoms with E-state index in [-0.39, 0.29) is 5.41 Å². The molecule has 0 spiro atoms. The van der Waals surface area contributed by atoms with Gasteiger partial charge in [0.15, 0.2) is 0 Å². The highest BCUT2D eigenvalue weighted by molar-refractivity contribution is 5.88. The Morgan fingerprint density at radius 3 is 1.06 bits per heavy atom. The molecule has 1 aliphatic rings. The van der Waals surface area contributed by atoms with Crippen LogP contribution in [0.3, 0.4) is 0 Å². The van der Waals surface area contributed by atoms with E-state index < -0.39 is 0 Å². The average Bonchev–Trinajstić information content (AvgIpc) is 3.40. The number of benzene rings is 6. The first-order chi connectivity index (χ1) is 25.8. The van der Waals surface area contributed by atoms with Crippen LogP contribution in [-0.2, 0) is 50.5 Å². The van der Waals surface area contributed by atoms with Crippen molar-refractivity contribution in [3.63, 3.8) is 0 Å². The maximum absolute atomic E-state index is 11.2. The predicted octanol–water partition coefficient (Wildman–Crippen LogP) is 10.7. The van der Waals surface area contributed by atoms with Crippen molar-refractivity contribution < 1.29 is 19.1 Å². The van der Waals surface area contributed by atoms with Gasteiger partial charge in [0.05, 0.1) is 13.2 Å². The molecule has 266 valence electrons. The molecule has 0 radical (unpaired) electrons. The fourth-order valence-electron chi connectivity index (χ4n) is 7.46. The molecule has 1 aliphatic carbocycles. The highest BCUT2D eigenvalue weighted by Crippen LogP contribution is 2.52. The molecule has 0 bridgehead atoms. The minimum atomic E-state index is -0.291. The molecule has 53 heavy (non-hydrogen) atoms. The highest BCUT2D eigenvalue weighted by Gasteiger charge is 2.37. The van der Waals surface area contributed by atoms with Gasteiger partial charge in [0.2, 0.25) is 0 Å². The first kappa shape index (κ1) is 35.6. The van der Waals surface area contributed by atoms with E-state index in [0.717, 1.165) is 69.0 Å². The summed E-state index contributed by atoms with van der Waals surface area (Å²) in [6, 6.07) is 47.0. The summed E-state index contributed by atoms with van der Waals surface area (Å²) in [6.07, 6.45) is 2.66. The molecule has 7 rings (SSSR count). The van der Waals surface area contributed by atoms with E-state index in [2.05, 4.69) is 133 Å². The summed E-state index contributed by atoms with van der Waals surface area (Å²) < 4.78 is 10.8. The van der Waals surface area contributed by atoms with Crippen molar-refractivity contribution in [3.8, 4) is 11.1 Å². The van der Waals surface area contributed by atoms with Crippen LogP contribution in [0.5, 0.6) is 0 Å². The second-order valence-electron chi connectivity index (χ2n) is 14.0. The normalized spacial score (nSPS) is 12.5. The third-order valence-electron chi connectivity index (χ3n) is 10.2. The zero-order chi connectivity index (χ0) is 37.0. The number of hydrogen-bond donors (Lipinski definition) is 0. The summed E-state index contributed by atoms with van der Waals surface area (Å²) >= 11 is 0. The second kappa shape index (κ2) is 15.4. The van der Waals surface area contributed by atoms with E-state index in [4.69, 9.17) is 9.47 Å². The maximum atomic E-state index is 11.2. The third-order valence-corrected chi connectivity index (χ3v) is 10.2. The Hall–Kier alpha value is -5.82. The molecule has 6 aromatic rings. The van der Waals surface area contributed by atoms with Crippen molar-refractivity contribution in [3.05, 3.63) is 167 Å². The quantitative estimate of drug-likeness (QED) is 0.105. The maximum Gasteiger partial charge on any atom is 0.124 e. The Bertz CT molecular complexity index is 2050. The Labute approximate surface area is 312 Å². The molecule has 0 aliphatic heterocycles. The van der Waals surface area contributed by atoms with Gasteiger partial charge in [-0.25, -0.2) is 0 Å². The molecule has 0 heterocycles. The van der Waals surface area contributed by atoms with Gasteiger partial charge in [-0.05, 0) is 117 Å². The van der Waals surface area contributed by atoms with E-state index in [9.17, 15) is 9.59 Å². The van der Waals surface area contributed by atoms with Crippen molar-refractivity contribution in [2.75, 3.05) is 24.0 Å². The highest BCUT2D eigenvalue weighted by atomic mass is 16.5. The van der Waals surface area contributed by atoms with Gasteiger partial charge in [-0.2, -0.15) is 0 Å². The lowest BCUT2D eigenvalue weighted by Gasteiger charge is -2.29. The van der Waals surface area contributed by atoms with Gasteiger partial charge < -0.3 is 28.9 Å². The predicted molar refractivity (Wildman–Crippen MR) is 214 cm³/mol. The largest absolute Gasteiger partial charge is 0.380 e. The van der Waals surface area contributed by atoms with Crippen molar-refractivity contribution in [2.24, 2.45) is 0 Å². The number of aldehydes is 2. The molecule has 0 unspecified atom stereocenters. The van der Waals surface area contributed by atoms with E-state index in [1.165, 1.54) is 22.3 Å². The van der Waals surface area contributed by atoms with Gasteiger partial charge >= 0.3 is 0 Å². The van der Waals surface area contributed by atoms with Gasteiger partial charge in [0, 0.05) is 66.6 Å². The molecule has 6 heteroatoms. The van der Waals surface area contributed by atoms with E-state index >= 15 is 0 Å². The Morgan fingerprint density at radius 2 is 0.755 bits per heavy atom. The van der Waals surface area contributed by atoms with Crippen LogP contribution in [0.2, 0.25) is 0 Å². The lowest BCUT2D eigenvalue weighted by Crippen LogP contribution is -2.17. The van der Waals surface area contributed by atoms with E-state index in [0.29, 0.717) is 26.1 Å². The number of anilines is 6. The molecule has 0 atom stereocenters. The topological polar surface area (TPSA) is 59.1 Å². The molecule has 0 saturated heterocycles. The lowest BCUT2D eigenvalue weighted by molar-refractivity contribution is -0.108. The third kappa shape index (κ3) is 7.16. The Morgan fingerprint density at radius 1 is 0.453 bits per heavy atom. The monoisotopic (exact) mass is 700 g/mol. The second-order valence-corrected chi connectivity index (χ2v) is 14.0. The number of carbonyl (C=O) groups is 2. The number of nitrogens with zero attached hydrogens (tertiary/aromatic N) is 2. The number of hydrogen-bond acceptors (Lipinski definition) is 6. The van der Waals surface area contributed by atoms with Crippen molar-refractivity contribution >= 4 is 46.7 Å². The van der Waals surface area contributed by atoms with Crippen LogP contribution in [0.25, 0.3) is 11.1 Å². The lowest BCUT2D eigenvalue weighted by atomic mass is 9.82. The first-order valence-electron chi connectivity index (χ1n) is 17.9. The van der Waals surface area contributed by atoms with Crippen LogP contribution in [0.1, 0.15) is 47.2 Å². The van der Waals surface area contributed by atoms with E-state index in [1.54, 1.807) is 14.2 Å². The molecule has 0 amide bonds. The van der Waals surface area contributed by atoms with Crippen LogP contribution in [-0.4, -0.2) is 26.8 Å². The van der Waals surface area contributed by atoms with Crippen LogP contribution < -0.4 is 9.80 Å². The smallest absolute Gasteiger partial charge is 0.124 e. The molecule has 0 fully saturated rings. The SMILES string of the molecule is COCc1ccc(N(c2ccc(CC=O)cc2)c2ccc3c(c2)C(C)(C)c2cc(N(c4ccc(CC=O)cc4)c4ccc(COC)cc4)ccc2-3)cc1. The Balaban J connectivity index is 1.30. The summed E-state index contributed by atoms with van der Waals surface area (Å²) in [5, 5.41) is 0. The van der Waals surface area contributed by atoms with Crippen LogP contribution in [0.4, 0.5) is 34.1 Å². The fraction of sp³-hybridized carbons (Fsp3) is 0.191. The van der Waals surface area contributed by atoms with Crippen LogP contribution in [0.15, 0.2) is 133 Å². The van der Waals surface area contributed by atoms with Gasteiger partial charge in [-0.15, -0.1) is 0 Å². The number of ether oxygens (including phenoxy) is 2. The number of carbonyl (C=O) groups excluding carboxylic acids is 2. The van der Waals surface area contributed by atoms with Gasteiger partial charge in [-0.1, -0.05) is 74.5 Å². The minimum absolute atomic E-state index is 0.291. The number of rotatable bonds is 14. The standard InChI is InChI=1S/C47H44N2O4/c1-47(2)45-29-41(48(37-13-5-33(6-14-37)25-27-50)39-17-9-35(10-18-39)31-52-3)21-23-43(45)44-24-22-42(30-46(44)47)49(38-15-7-34(8-16-38)26-28-51)40-19-11-36(12-20-40)32-53-4/h5-24,27-30H,25-26,31-32H2,1-4H3. The summed E-state index contributed by atoms with van der Waals surface area (Å²) in [5.74, 6) is 0.